The van der Waals surface area contributed by atoms with Crippen LogP contribution in [0.2, 0.25) is 13.1 Å². The predicted molar refractivity (Wildman–Crippen MR) is 435 cm³/mol. The van der Waals surface area contributed by atoms with E-state index in [0.29, 0.717) is 0 Å². The molecule has 0 spiro atoms. The lowest BCUT2D eigenvalue weighted by molar-refractivity contribution is 1.21. The molecule has 480 valence electrons. The van der Waals surface area contributed by atoms with Crippen molar-refractivity contribution in [2.24, 2.45) is 0 Å². The standard InChI is InChI=1S/C92H67B2N7Si/c1-102(2)88-55-33-32-54-80(88)98(69-44-22-8-23-45-69)81-57-56-76-91(92(81)102)101(72-50-28-11-29-51-72)87-61-74(96(66-38-16-5-17-39-66)67-40-18-6-19-41-67)60-86-90(87)94(76)78-62-77-82(63-83(78)100(86)71-48-26-10-27-49-71)99(70-46-24-9-25-47-70)85-59-73(95(64-34-12-3-13-35-64)65-36-14-4-15-37-65)58-84-89(85)93(77)75-52-30-31-53-79(75)97(84)68-42-20-7-21-43-68/h3-63H,1-2H3. The summed E-state index contributed by atoms with van der Waals surface area (Å²) in [4.78, 5) is 17.9. The van der Waals surface area contributed by atoms with Crippen LogP contribution < -0.4 is 77.4 Å². The largest absolute Gasteiger partial charge is 0.311 e. The number of hydrogen-bond acceptors (Lipinski definition) is 7. The van der Waals surface area contributed by atoms with Gasteiger partial charge in [0.15, 0.2) is 0 Å². The van der Waals surface area contributed by atoms with Gasteiger partial charge < -0.3 is 34.3 Å². The molecule has 7 nitrogen and oxygen atoms in total. The first kappa shape index (κ1) is 59.3. The van der Waals surface area contributed by atoms with Crippen LogP contribution in [-0.2, 0) is 0 Å². The maximum atomic E-state index is 2.68. The van der Waals surface area contributed by atoms with Gasteiger partial charge in [0.05, 0.1) is 11.4 Å². The molecule has 0 saturated carbocycles. The van der Waals surface area contributed by atoms with Gasteiger partial charge in [-0.3, -0.25) is 0 Å². The summed E-state index contributed by atoms with van der Waals surface area (Å²) in [6, 6.07) is 138. The highest BCUT2D eigenvalue weighted by atomic mass is 28.3. The summed E-state index contributed by atoms with van der Waals surface area (Å²) < 4.78 is 0. The van der Waals surface area contributed by atoms with Crippen LogP contribution in [0.3, 0.4) is 0 Å². The summed E-state index contributed by atoms with van der Waals surface area (Å²) in [7, 11) is -2.69. The van der Waals surface area contributed by atoms with Crippen LogP contribution in [0.1, 0.15) is 0 Å². The van der Waals surface area contributed by atoms with Gasteiger partial charge >= 0.3 is 0 Å². The fraction of sp³-hybridized carbons (Fsp3) is 0.0217. The number of rotatable bonds is 11. The van der Waals surface area contributed by atoms with Crippen molar-refractivity contribution in [3.05, 3.63) is 370 Å². The normalized spacial score (nSPS) is 13.7. The second-order valence-corrected chi connectivity index (χ2v) is 31.9. The molecule has 0 fully saturated rings. The SMILES string of the molecule is C[Si]1(C)c2ccccc2N(c2ccccc2)c2ccc3c(c21)N(c1ccccc1)c1cc(N(c2ccccc2)c2ccccc2)cc2c1B3c1cc3c(cc1N2c1ccccc1)N(c1ccccc1)c1cc(N(c2ccccc2)c2ccccc2)cc2c1B3c1ccccc1N2c1ccccc1. The highest BCUT2D eigenvalue weighted by Crippen LogP contribution is 2.54. The third kappa shape index (κ3) is 9.16. The van der Waals surface area contributed by atoms with E-state index in [-0.39, 0.29) is 13.4 Å². The van der Waals surface area contributed by atoms with Crippen molar-refractivity contribution in [1.29, 1.82) is 0 Å². The van der Waals surface area contributed by atoms with E-state index in [1.54, 1.807) is 0 Å². The van der Waals surface area contributed by atoms with Gasteiger partial charge in [-0.25, -0.2) is 0 Å². The third-order valence-electron chi connectivity index (χ3n) is 21.6. The maximum absolute atomic E-state index is 2.69. The Morgan fingerprint density at radius 1 is 0.225 bits per heavy atom. The quantitative estimate of drug-likeness (QED) is 0.119. The number of anilines is 21. The molecule has 0 atom stereocenters. The lowest BCUT2D eigenvalue weighted by Gasteiger charge is -2.50. The van der Waals surface area contributed by atoms with Crippen molar-refractivity contribution < 1.29 is 0 Å². The number of nitrogens with zero attached hydrogens (tertiary/aromatic N) is 7. The molecule has 15 aromatic rings. The Labute approximate surface area is 597 Å². The van der Waals surface area contributed by atoms with Gasteiger partial charge in [-0.1, -0.05) is 225 Å². The van der Waals surface area contributed by atoms with Crippen molar-refractivity contribution in [2.75, 3.05) is 34.3 Å². The van der Waals surface area contributed by atoms with Gasteiger partial charge in [0.1, 0.15) is 8.07 Å². The van der Waals surface area contributed by atoms with Crippen LogP contribution in [0, 0.1) is 0 Å². The van der Waals surface area contributed by atoms with Crippen LogP contribution >= 0.6 is 0 Å². The highest BCUT2D eigenvalue weighted by Gasteiger charge is 2.52. The van der Waals surface area contributed by atoms with Gasteiger partial charge in [0.2, 0.25) is 0 Å². The maximum Gasteiger partial charge on any atom is 0.252 e. The number of benzene rings is 15. The second kappa shape index (κ2) is 23.7. The van der Waals surface area contributed by atoms with Crippen LogP contribution in [-0.4, -0.2) is 21.5 Å². The zero-order valence-electron chi connectivity index (χ0n) is 56.5. The van der Waals surface area contributed by atoms with E-state index >= 15 is 0 Å². The smallest absolute Gasteiger partial charge is 0.252 e. The van der Waals surface area contributed by atoms with Crippen molar-refractivity contribution in [3.8, 4) is 0 Å². The minimum Gasteiger partial charge on any atom is -0.311 e. The molecule has 0 N–H and O–H groups in total. The molecule has 0 unspecified atom stereocenters. The van der Waals surface area contributed by atoms with Crippen LogP contribution in [0.15, 0.2) is 370 Å². The molecule has 0 aromatic heterocycles. The molecule has 10 heteroatoms. The fourth-order valence-corrected chi connectivity index (χ4v) is 20.8. The van der Waals surface area contributed by atoms with Crippen molar-refractivity contribution in [1.82, 2.24) is 0 Å². The molecule has 5 aliphatic rings. The summed E-state index contributed by atoms with van der Waals surface area (Å²) >= 11 is 0. The summed E-state index contributed by atoms with van der Waals surface area (Å²) in [5.74, 6) is 0. The molecule has 0 radical (unpaired) electrons. The Bertz CT molecular complexity index is 5650. The minimum atomic E-state index is -2.69. The Morgan fingerprint density at radius 3 is 0.951 bits per heavy atom. The first-order valence-electron chi connectivity index (χ1n) is 35.4. The lowest BCUT2D eigenvalue weighted by atomic mass is 9.30. The van der Waals surface area contributed by atoms with E-state index in [1.807, 2.05) is 0 Å². The average Bonchev–Trinajstić information content (AvgIpc) is 0.677. The van der Waals surface area contributed by atoms with E-state index in [1.165, 1.54) is 60.2 Å². The van der Waals surface area contributed by atoms with Crippen LogP contribution in [0.25, 0.3) is 0 Å². The molecule has 5 aliphatic heterocycles. The topological polar surface area (TPSA) is 22.7 Å². The van der Waals surface area contributed by atoms with E-state index in [4.69, 9.17) is 0 Å². The Morgan fingerprint density at radius 2 is 0.539 bits per heavy atom. The second-order valence-electron chi connectivity index (χ2n) is 27.6. The summed E-state index contributed by atoms with van der Waals surface area (Å²) in [5, 5.41) is 2.81. The molecule has 15 aromatic carbocycles. The third-order valence-corrected chi connectivity index (χ3v) is 25.1. The van der Waals surface area contributed by atoms with Gasteiger partial charge in [-0.2, -0.15) is 0 Å². The fourth-order valence-electron chi connectivity index (χ4n) is 17.5. The van der Waals surface area contributed by atoms with Gasteiger partial charge in [-0.05, 0) is 201 Å². The molecule has 5 heterocycles. The first-order chi connectivity index (χ1) is 50.4. The van der Waals surface area contributed by atoms with Crippen molar-refractivity contribution >= 4 is 184 Å². The van der Waals surface area contributed by atoms with E-state index in [9.17, 15) is 0 Å². The Balaban J connectivity index is 0.937. The molecule has 20 rings (SSSR count). The molecule has 102 heavy (non-hydrogen) atoms. The van der Waals surface area contributed by atoms with E-state index in [2.05, 4.69) is 417 Å². The Hall–Kier alpha value is -12.8. The molecule has 0 bridgehead atoms. The zero-order chi connectivity index (χ0) is 67.6. The van der Waals surface area contributed by atoms with Crippen molar-refractivity contribution in [2.45, 2.75) is 13.1 Å². The van der Waals surface area contributed by atoms with Crippen LogP contribution in [0.4, 0.5) is 119 Å². The average molecular weight is 1320 g/mol. The molecule has 0 amide bonds. The number of hydrogen-bond donors (Lipinski definition) is 0. The van der Waals surface area contributed by atoms with Crippen molar-refractivity contribution in [3.63, 3.8) is 0 Å². The minimum absolute atomic E-state index is 0.198. The van der Waals surface area contributed by atoms with Gasteiger partial charge in [-0.15, -0.1) is 0 Å². The number of fused-ring (bicyclic) bond motifs is 11. The van der Waals surface area contributed by atoms with E-state index < -0.39 is 8.07 Å². The summed E-state index contributed by atoms with van der Waals surface area (Å²) in [5.41, 5.74) is 31.1. The predicted octanol–water partition coefficient (Wildman–Crippen LogP) is 19.4. The molecular weight excluding hydrogens is 1250 g/mol. The monoisotopic (exact) mass is 1320 g/mol. The molecular formula is C92H67B2N7Si. The summed E-state index contributed by atoms with van der Waals surface area (Å²) in [6.45, 7) is 4.74. The molecule has 0 aliphatic carbocycles. The Kier molecular flexibility index (Phi) is 13.8. The summed E-state index contributed by atoms with van der Waals surface area (Å²) in [6.07, 6.45) is 0. The highest BCUT2D eigenvalue weighted by molar-refractivity contribution is 7.06. The lowest BCUT2D eigenvalue weighted by Crippen LogP contribution is -2.67. The number of para-hydroxylation sites is 11. The molecule has 0 saturated heterocycles. The van der Waals surface area contributed by atoms with Gasteiger partial charge in [0, 0.05) is 108 Å². The van der Waals surface area contributed by atoms with E-state index in [0.717, 1.165) is 102 Å². The van der Waals surface area contributed by atoms with Crippen LogP contribution in [0.5, 0.6) is 0 Å². The van der Waals surface area contributed by atoms with Gasteiger partial charge in [0.25, 0.3) is 13.4 Å². The zero-order valence-corrected chi connectivity index (χ0v) is 57.5. The first-order valence-corrected chi connectivity index (χ1v) is 38.4.